The third-order valence-corrected chi connectivity index (χ3v) is 5.06. The highest BCUT2D eigenvalue weighted by molar-refractivity contribution is 5.97. The lowest BCUT2D eigenvalue weighted by molar-refractivity contribution is -0.120. The highest BCUT2D eigenvalue weighted by Gasteiger charge is 2.33. The maximum absolute atomic E-state index is 14.5. The lowest BCUT2D eigenvalue weighted by Gasteiger charge is -2.18. The lowest BCUT2D eigenvalue weighted by atomic mass is 9.98. The number of benzene rings is 2. The summed E-state index contributed by atoms with van der Waals surface area (Å²) in [7, 11) is 1.60. The van der Waals surface area contributed by atoms with Gasteiger partial charge in [-0.05, 0) is 42.7 Å². The van der Waals surface area contributed by atoms with Gasteiger partial charge >= 0.3 is 0 Å². The number of nitrogens with one attached hydrogen (secondary N) is 1. The smallest absolute Gasteiger partial charge is 0.230 e. The monoisotopic (exact) mass is 383 g/mol. The Balaban J connectivity index is 1.55. The number of rotatable bonds is 5. The minimum Gasteiger partial charge on any atom is -0.497 e. The maximum Gasteiger partial charge on any atom is 0.230 e. The van der Waals surface area contributed by atoms with Crippen molar-refractivity contribution in [1.82, 2.24) is 10.2 Å². The van der Waals surface area contributed by atoms with Crippen molar-refractivity contribution in [1.29, 1.82) is 0 Å². The second-order valence-corrected chi connectivity index (χ2v) is 6.80. The van der Waals surface area contributed by atoms with Crippen LogP contribution in [-0.4, -0.2) is 29.8 Å². The molecule has 5 nitrogen and oxygen atoms in total. The molecule has 1 aliphatic rings. The summed E-state index contributed by atoms with van der Waals surface area (Å²) in [6, 6.07) is 9.98. The van der Waals surface area contributed by atoms with E-state index in [-0.39, 0.29) is 23.1 Å². The Bertz CT molecular complexity index is 982. The van der Waals surface area contributed by atoms with E-state index in [1.165, 1.54) is 29.4 Å². The Hall–Kier alpha value is -3.22. The molecule has 3 aromatic rings. The van der Waals surface area contributed by atoms with Crippen LogP contribution in [0.2, 0.25) is 0 Å². The number of ether oxygens (including phenoxy) is 1. The van der Waals surface area contributed by atoms with Crippen LogP contribution in [0.1, 0.15) is 12.0 Å². The molecule has 144 valence electrons. The van der Waals surface area contributed by atoms with Crippen molar-refractivity contribution in [2.24, 2.45) is 5.92 Å². The predicted molar refractivity (Wildman–Crippen MR) is 101 cm³/mol. The van der Waals surface area contributed by atoms with E-state index >= 15 is 0 Å². The molecule has 1 N–H and O–H groups in total. The van der Waals surface area contributed by atoms with Crippen LogP contribution in [0.25, 0.3) is 11.1 Å². The summed E-state index contributed by atoms with van der Waals surface area (Å²) in [6.45, 7) is 0.428. The molecule has 1 unspecified atom stereocenters. The van der Waals surface area contributed by atoms with Crippen molar-refractivity contribution in [3.63, 3.8) is 0 Å². The number of H-pyrrole nitrogens is 1. The number of hydrogen-bond acceptors (Lipinski definition) is 3. The zero-order valence-electron chi connectivity index (χ0n) is 15.3. The van der Waals surface area contributed by atoms with Crippen LogP contribution in [0.15, 0.2) is 48.8 Å². The van der Waals surface area contributed by atoms with E-state index in [0.717, 1.165) is 11.3 Å². The number of carbonyl (C=O) groups excluding carboxylic acids is 1. The number of aromatic amines is 1. The average molecular weight is 383 g/mol. The topological polar surface area (TPSA) is 58.2 Å². The number of hydrogen-bond donors (Lipinski definition) is 1. The first kappa shape index (κ1) is 18.2. The molecule has 2 aromatic carbocycles. The van der Waals surface area contributed by atoms with Gasteiger partial charge in [0.1, 0.15) is 17.4 Å². The fourth-order valence-corrected chi connectivity index (χ4v) is 3.65. The molecule has 1 saturated heterocycles. The summed E-state index contributed by atoms with van der Waals surface area (Å²) in [5.41, 5.74) is 1.40. The first-order chi connectivity index (χ1) is 13.6. The molecular weight excluding hydrogens is 364 g/mol. The summed E-state index contributed by atoms with van der Waals surface area (Å²) in [5, 5.41) is 6.26. The molecule has 1 atom stereocenters. The van der Waals surface area contributed by atoms with E-state index in [4.69, 9.17) is 4.74 Å². The van der Waals surface area contributed by atoms with E-state index in [1.807, 2.05) is 24.3 Å². The number of nitrogens with zero attached hydrogens (tertiary/aromatic N) is 2. The quantitative estimate of drug-likeness (QED) is 0.726. The SMILES string of the molecule is COc1cccc(CC2CCN(c3cc(F)c(-c4cn[nH]c4)c(F)c3)C2=O)c1. The van der Waals surface area contributed by atoms with E-state index in [1.54, 1.807) is 7.11 Å². The molecule has 4 rings (SSSR count). The van der Waals surface area contributed by atoms with Gasteiger partial charge in [-0.1, -0.05) is 12.1 Å². The highest BCUT2D eigenvalue weighted by Crippen LogP contribution is 2.33. The fourth-order valence-electron chi connectivity index (χ4n) is 3.65. The number of aromatic nitrogens is 2. The highest BCUT2D eigenvalue weighted by atomic mass is 19.1. The van der Waals surface area contributed by atoms with Crippen molar-refractivity contribution in [3.8, 4) is 16.9 Å². The molecule has 1 aromatic heterocycles. The zero-order valence-corrected chi connectivity index (χ0v) is 15.3. The molecule has 0 radical (unpaired) electrons. The minimum atomic E-state index is -0.722. The van der Waals surface area contributed by atoms with Crippen molar-refractivity contribution in [3.05, 3.63) is 66.0 Å². The van der Waals surface area contributed by atoms with Crippen LogP contribution in [0, 0.1) is 17.6 Å². The van der Waals surface area contributed by atoms with Crippen molar-refractivity contribution in [2.75, 3.05) is 18.6 Å². The standard InChI is InChI=1S/C21H19F2N3O2/c1-28-17-4-2-3-13(8-17)7-14-5-6-26(21(14)27)16-9-18(22)20(19(23)10-16)15-11-24-25-12-15/h2-4,8-12,14H,5-7H2,1H3,(H,24,25). The average Bonchev–Trinajstić information content (AvgIpc) is 3.32. The van der Waals surface area contributed by atoms with Crippen molar-refractivity contribution in [2.45, 2.75) is 12.8 Å². The van der Waals surface area contributed by atoms with Gasteiger partial charge in [0.2, 0.25) is 5.91 Å². The number of methoxy groups -OCH3 is 1. The minimum absolute atomic E-state index is 0.127. The maximum atomic E-state index is 14.5. The molecule has 0 aliphatic carbocycles. The van der Waals surface area contributed by atoms with Crippen molar-refractivity contribution < 1.29 is 18.3 Å². The summed E-state index contributed by atoms with van der Waals surface area (Å²) in [5.74, 6) is -1.07. The Kier molecular flexibility index (Phi) is 4.81. The second-order valence-electron chi connectivity index (χ2n) is 6.80. The van der Waals surface area contributed by atoms with E-state index in [0.29, 0.717) is 24.9 Å². The first-order valence-electron chi connectivity index (χ1n) is 8.99. The Morgan fingerprint density at radius 2 is 2.04 bits per heavy atom. The Labute approximate surface area is 160 Å². The van der Waals surface area contributed by atoms with E-state index < -0.39 is 11.6 Å². The largest absolute Gasteiger partial charge is 0.497 e. The molecule has 1 fully saturated rings. The lowest BCUT2D eigenvalue weighted by Crippen LogP contribution is -2.28. The van der Waals surface area contributed by atoms with Crippen LogP contribution >= 0.6 is 0 Å². The van der Waals surface area contributed by atoms with Crippen LogP contribution in [0.5, 0.6) is 5.75 Å². The molecule has 28 heavy (non-hydrogen) atoms. The van der Waals surface area contributed by atoms with Crippen LogP contribution < -0.4 is 9.64 Å². The van der Waals surface area contributed by atoms with Crippen LogP contribution in [0.3, 0.4) is 0 Å². The molecule has 7 heteroatoms. The molecule has 1 amide bonds. The van der Waals surface area contributed by atoms with Gasteiger partial charge in [-0.15, -0.1) is 0 Å². The van der Waals surface area contributed by atoms with Gasteiger partial charge in [-0.25, -0.2) is 8.78 Å². The molecule has 2 heterocycles. The first-order valence-corrected chi connectivity index (χ1v) is 8.99. The summed E-state index contributed by atoms with van der Waals surface area (Å²) < 4.78 is 34.3. The molecule has 0 bridgehead atoms. The number of carbonyl (C=O) groups is 1. The van der Waals surface area contributed by atoms with Gasteiger partial charge in [0.05, 0.1) is 18.9 Å². The Morgan fingerprint density at radius 1 is 1.25 bits per heavy atom. The predicted octanol–water partition coefficient (Wildman–Crippen LogP) is 3.96. The normalized spacial score (nSPS) is 16.6. The third kappa shape index (κ3) is 3.35. The van der Waals surface area contributed by atoms with Gasteiger partial charge in [0, 0.05) is 29.9 Å². The molecule has 0 spiro atoms. The zero-order chi connectivity index (χ0) is 19.7. The fraction of sp³-hybridized carbons (Fsp3) is 0.238. The summed E-state index contributed by atoms with van der Waals surface area (Å²) >= 11 is 0. The van der Waals surface area contributed by atoms with Gasteiger partial charge < -0.3 is 9.64 Å². The summed E-state index contributed by atoms with van der Waals surface area (Å²) in [6.07, 6.45) is 3.96. The van der Waals surface area contributed by atoms with E-state index in [9.17, 15) is 13.6 Å². The van der Waals surface area contributed by atoms with Crippen molar-refractivity contribution >= 4 is 11.6 Å². The molecular formula is C21H19F2N3O2. The molecule has 1 aliphatic heterocycles. The van der Waals surface area contributed by atoms with Crippen LogP contribution in [-0.2, 0) is 11.2 Å². The number of halogens is 2. The second kappa shape index (κ2) is 7.42. The molecule has 0 saturated carbocycles. The number of amides is 1. The van der Waals surface area contributed by atoms with Gasteiger partial charge in [-0.3, -0.25) is 9.89 Å². The van der Waals surface area contributed by atoms with Gasteiger partial charge in [-0.2, -0.15) is 5.10 Å². The number of anilines is 1. The Morgan fingerprint density at radius 3 is 2.71 bits per heavy atom. The van der Waals surface area contributed by atoms with Crippen LogP contribution in [0.4, 0.5) is 14.5 Å². The van der Waals surface area contributed by atoms with E-state index in [2.05, 4.69) is 10.2 Å². The summed E-state index contributed by atoms with van der Waals surface area (Å²) in [4.78, 5) is 14.3. The van der Waals surface area contributed by atoms with Gasteiger partial charge in [0.25, 0.3) is 0 Å². The third-order valence-electron chi connectivity index (χ3n) is 5.06. The van der Waals surface area contributed by atoms with Gasteiger partial charge in [0.15, 0.2) is 0 Å².